The zero-order valence-corrected chi connectivity index (χ0v) is 14.2. The third kappa shape index (κ3) is 4.76. The highest BCUT2D eigenvalue weighted by molar-refractivity contribution is 7.90. The van der Waals surface area contributed by atoms with E-state index < -0.39 is 15.7 Å². The first-order chi connectivity index (χ1) is 11.3. The third-order valence-electron chi connectivity index (χ3n) is 3.49. The van der Waals surface area contributed by atoms with E-state index in [0.29, 0.717) is 5.56 Å². The number of hydrogen-bond acceptors (Lipinski definition) is 3. The summed E-state index contributed by atoms with van der Waals surface area (Å²) in [5.41, 5.74) is 1.10. The Morgan fingerprint density at radius 1 is 1.12 bits per heavy atom. The lowest BCUT2D eigenvalue weighted by atomic mass is 10.1. The molecule has 2 rings (SSSR count). The molecule has 0 fully saturated rings. The lowest BCUT2D eigenvalue weighted by Gasteiger charge is -2.13. The summed E-state index contributed by atoms with van der Waals surface area (Å²) in [5.74, 6) is -0.760. The van der Waals surface area contributed by atoms with Gasteiger partial charge in [0.1, 0.15) is 5.82 Å². The SMILES string of the molecule is CC(NC(=O)C=Cc1ccccc1F)c1ccc(S(C)(=O)=O)cc1. The zero-order chi connectivity index (χ0) is 17.7. The van der Waals surface area contributed by atoms with Crippen LogP contribution in [0.2, 0.25) is 0 Å². The van der Waals surface area contributed by atoms with Crippen molar-refractivity contribution in [1.29, 1.82) is 0 Å². The summed E-state index contributed by atoms with van der Waals surface area (Å²) >= 11 is 0. The molecule has 0 radical (unpaired) electrons. The molecule has 0 saturated heterocycles. The Hall–Kier alpha value is -2.47. The van der Waals surface area contributed by atoms with Gasteiger partial charge in [-0.1, -0.05) is 30.3 Å². The quantitative estimate of drug-likeness (QED) is 0.845. The molecule has 0 aliphatic heterocycles. The van der Waals surface area contributed by atoms with Gasteiger partial charge in [0.25, 0.3) is 0 Å². The zero-order valence-electron chi connectivity index (χ0n) is 13.4. The van der Waals surface area contributed by atoms with E-state index in [1.54, 1.807) is 37.3 Å². The van der Waals surface area contributed by atoms with Crippen LogP contribution in [0.5, 0.6) is 0 Å². The monoisotopic (exact) mass is 347 g/mol. The molecule has 2 aromatic rings. The Morgan fingerprint density at radius 3 is 2.33 bits per heavy atom. The Kier molecular flexibility index (Phi) is 5.51. The number of nitrogens with one attached hydrogen (secondary N) is 1. The number of hydrogen-bond donors (Lipinski definition) is 1. The van der Waals surface area contributed by atoms with Crippen LogP contribution in [0.3, 0.4) is 0 Å². The smallest absolute Gasteiger partial charge is 0.244 e. The number of benzene rings is 2. The Balaban J connectivity index is 2.02. The molecule has 6 heteroatoms. The van der Waals surface area contributed by atoms with Crippen molar-refractivity contribution >= 4 is 21.8 Å². The molecule has 0 saturated carbocycles. The molecule has 2 aromatic carbocycles. The van der Waals surface area contributed by atoms with Gasteiger partial charge < -0.3 is 5.32 Å². The van der Waals surface area contributed by atoms with Crippen molar-refractivity contribution in [3.8, 4) is 0 Å². The van der Waals surface area contributed by atoms with Gasteiger partial charge in [-0.25, -0.2) is 12.8 Å². The summed E-state index contributed by atoms with van der Waals surface area (Å²) in [5, 5.41) is 2.75. The molecular formula is C18H18FNO3S. The van der Waals surface area contributed by atoms with Crippen molar-refractivity contribution in [3.63, 3.8) is 0 Å². The van der Waals surface area contributed by atoms with Crippen LogP contribution in [0.4, 0.5) is 4.39 Å². The van der Waals surface area contributed by atoms with Gasteiger partial charge in [0.2, 0.25) is 5.91 Å². The van der Waals surface area contributed by atoms with E-state index in [1.807, 2.05) is 0 Å². The number of amides is 1. The van der Waals surface area contributed by atoms with E-state index in [1.165, 1.54) is 30.4 Å². The average Bonchev–Trinajstić information content (AvgIpc) is 2.53. The van der Waals surface area contributed by atoms with Crippen molar-refractivity contribution in [1.82, 2.24) is 5.32 Å². The van der Waals surface area contributed by atoms with E-state index in [2.05, 4.69) is 5.32 Å². The van der Waals surface area contributed by atoms with Gasteiger partial charge in [0, 0.05) is 17.9 Å². The number of carbonyl (C=O) groups is 1. The molecule has 0 aliphatic rings. The van der Waals surface area contributed by atoms with Crippen LogP contribution < -0.4 is 5.32 Å². The minimum absolute atomic E-state index is 0.226. The molecule has 1 unspecified atom stereocenters. The molecule has 0 heterocycles. The summed E-state index contributed by atoms with van der Waals surface area (Å²) in [6, 6.07) is 12.2. The fourth-order valence-electron chi connectivity index (χ4n) is 2.12. The van der Waals surface area contributed by atoms with E-state index in [9.17, 15) is 17.6 Å². The number of rotatable bonds is 5. The van der Waals surface area contributed by atoms with Gasteiger partial charge >= 0.3 is 0 Å². The molecule has 1 N–H and O–H groups in total. The topological polar surface area (TPSA) is 63.2 Å². The van der Waals surface area contributed by atoms with Gasteiger partial charge in [-0.05, 0) is 36.8 Å². The average molecular weight is 347 g/mol. The lowest BCUT2D eigenvalue weighted by molar-refractivity contribution is -0.117. The van der Waals surface area contributed by atoms with Crippen molar-refractivity contribution in [2.45, 2.75) is 17.9 Å². The van der Waals surface area contributed by atoms with E-state index in [-0.39, 0.29) is 16.8 Å². The Labute approximate surface area is 140 Å². The second kappa shape index (κ2) is 7.40. The maximum Gasteiger partial charge on any atom is 0.244 e. The fraction of sp³-hybridized carbons (Fsp3) is 0.167. The first-order valence-corrected chi connectivity index (χ1v) is 9.19. The standard InChI is InChI=1S/C18H18FNO3S/c1-13(14-7-10-16(11-8-14)24(2,22)23)20-18(21)12-9-15-5-3-4-6-17(15)19/h3-13H,1-2H3,(H,20,21). The van der Waals surface area contributed by atoms with Crippen LogP contribution in [0.1, 0.15) is 24.1 Å². The first kappa shape index (κ1) is 17.9. The highest BCUT2D eigenvalue weighted by Crippen LogP contribution is 2.16. The largest absolute Gasteiger partial charge is 0.346 e. The normalized spacial score (nSPS) is 13.0. The lowest BCUT2D eigenvalue weighted by Crippen LogP contribution is -2.24. The van der Waals surface area contributed by atoms with E-state index in [4.69, 9.17) is 0 Å². The fourth-order valence-corrected chi connectivity index (χ4v) is 2.75. The molecule has 0 aliphatic carbocycles. The predicted molar refractivity (Wildman–Crippen MR) is 91.5 cm³/mol. The Bertz CT molecular complexity index is 858. The van der Waals surface area contributed by atoms with Crippen LogP contribution >= 0.6 is 0 Å². The molecule has 1 atom stereocenters. The summed E-state index contributed by atoms with van der Waals surface area (Å²) in [6.07, 6.45) is 3.81. The third-order valence-corrected chi connectivity index (χ3v) is 4.61. The second-order valence-electron chi connectivity index (χ2n) is 5.43. The molecular weight excluding hydrogens is 329 g/mol. The molecule has 24 heavy (non-hydrogen) atoms. The summed E-state index contributed by atoms with van der Waals surface area (Å²) in [4.78, 5) is 12.1. The van der Waals surface area contributed by atoms with E-state index in [0.717, 1.165) is 11.8 Å². The van der Waals surface area contributed by atoms with Crippen LogP contribution in [-0.4, -0.2) is 20.6 Å². The van der Waals surface area contributed by atoms with Gasteiger partial charge in [0.05, 0.1) is 10.9 Å². The van der Waals surface area contributed by atoms with Crippen molar-refractivity contribution in [2.75, 3.05) is 6.26 Å². The molecule has 0 spiro atoms. The van der Waals surface area contributed by atoms with Crippen LogP contribution in [0.15, 0.2) is 59.5 Å². The summed E-state index contributed by atoms with van der Waals surface area (Å²) < 4.78 is 36.3. The van der Waals surface area contributed by atoms with Gasteiger partial charge in [0.15, 0.2) is 9.84 Å². The summed E-state index contributed by atoms with van der Waals surface area (Å²) in [6.45, 7) is 1.78. The van der Waals surface area contributed by atoms with Gasteiger partial charge in [-0.15, -0.1) is 0 Å². The minimum atomic E-state index is -3.25. The number of halogens is 1. The molecule has 0 bridgehead atoms. The first-order valence-electron chi connectivity index (χ1n) is 7.30. The van der Waals surface area contributed by atoms with E-state index >= 15 is 0 Å². The van der Waals surface area contributed by atoms with Crippen molar-refractivity contribution < 1.29 is 17.6 Å². The molecule has 0 aromatic heterocycles. The van der Waals surface area contributed by atoms with Crippen LogP contribution in [-0.2, 0) is 14.6 Å². The highest BCUT2D eigenvalue weighted by atomic mass is 32.2. The second-order valence-corrected chi connectivity index (χ2v) is 7.44. The summed E-state index contributed by atoms with van der Waals surface area (Å²) in [7, 11) is -3.25. The molecule has 1 amide bonds. The maximum atomic E-state index is 13.5. The molecule has 126 valence electrons. The number of sulfone groups is 1. The maximum absolute atomic E-state index is 13.5. The van der Waals surface area contributed by atoms with Crippen LogP contribution in [0, 0.1) is 5.82 Å². The van der Waals surface area contributed by atoms with Crippen molar-refractivity contribution in [3.05, 3.63) is 71.6 Å². The van der Waals surface area contributed by atoms with Gasteiger partial charge in [-0.3, -0.25) is 4.79 Å². The van der Waals surface area contributed by atoms with Crippen LogP contribution in [0.25, 0.3) is 6.08 Å². The minimum Gasteiger partial charge on any atom is -0.346 e. The number of carbonyl (C=O) groups excluding carboxylic acids is 1. The van der Waals surface area contributed by atoms with Gasteiger partial charge in [-0.2, -0.15) is 0 Å². The van der Waals surface area contributed by atoms with Crippen molar-refractivity contribution in [2.24, 2.45) is 0 Å². The predicted octanol–water partition coefficient (Wildman–Crippen LogP) is 3.12. The molecule has 4 nitrogen and oxygen atoms in total. The Morgan fingerprint density at radius 2 is 1.75 bits per heavy atom. The highest BCUT2D eigenvalue weighted by Gasteiger charge is 2.10.